The van der Waals surface area contributed by atoms with Gasteiger partial charge in [0.25, 0.3) is 5.69 Å². The Morgan fingerprint density at radius 2 is 2.06 bits per heavy atom. The van der Waals surface area contributed by atoms with Crippen LogP contribution < -0.4 is 20.5 Å². The second kappa shape index (κ2) is 9.84. The minimum atomic E-state index is 0.186. The maximum Gasteiger partial charge on any atom is 0.271 e. The van der Waals surface area contributed by atoms with Crippen molar-refractivity contribution >= 4 is 28.6 Å². The van der Waals surface area contributed by atoms with Crippen LogP contribution in [0.5, 0.6) is 5.75 Å². The molecular weight excluding hydrogens is 454 g/mol. The van der Waals surface area contributed by atoms with Crippen molar-refractivity contribution in [2.45, 2.75) is 32.0 Å². The molecule has 0 atom stereocenters. The standard InChI is InChI=1S/C24H27ClN7O2/c25-21-13-19(4-5-22(21)34-15-20-3-1-2-9-32(20)33)29-24-23-17(6-12-31(23)28-16-27-24)14-30-10-7-18(26)8-11-30/h1-6,9,12-13,16,18,33H,7-8,10-11,14-15,26H2,(H,27,28,29)/q+1. The van der Waals surface area contributed by atoms with Gasteiger partial charge in [0.05, 0.1) is 5.02 Å². The molecule has 0 saturated carbocycles. The van der Waals surface area contributed by atoms with Crippen molar-refractivity contribution in [3.05, 3.63) is 77.5 Å². The molecule has 3 aromatic heterocycles. The summed E-state index contributed by atoms with van der Waals surface area (Å²) in [4.78, 5) is 6.91. The van der Waals surface area contributed by atoms with Gasteiger partial charge in [-0.15, -0.1) is 0 Å². The number of pyridine rings is 1. The van der Waals surface area contributed by atoms with Gasteiger partial charge in [0.15, 0.2) is 12.4 Å². The van der Waals surface area contributed by atoms with Crippen molar-refractivity contribution in [1.29, 1.82) is 0 Å². The van der Waals surface area contributed by atoms with Gasteiger partial charge in [-0.3, -0.25) is 10.1 Å². The lowest BCUT2D eigenvalue weighted by molar-refractivity contribution is -0.910. The van der Waals surface area contributed by atoms with E-state index in [1.54, 1.807) is 30.5 Å². The number of ether oxygens (including phenoxy) is 1. The second-order valence-electron chi connectivity index (χ2n) is 8.45. The third-order valence-corrected chi connectivity index (χ3v) is 6.35. The third-order valence-electron chi connectivity index (χ3n) is 6.05. The molecule has 0 aliphatic carbocycles. The molecule has 1 aliphatic rings. The normalized spacial score (nSPS) is 15.0. The molecule has 9 nitrogen and oxygen atoms in total. The number of likely N-dealkylation sites (tertiary alicyclic amines) is 1. The van der Waals surface area contributed by atoms with Crippen LogP contribution in [-0.2, 0) is 13.2 Å². The number of hydrogen-bond donors (Lipinski definition) is 3. The summed E-state index contributed by atoms with van der Waals surface area (Å²) >= 11 is 6.48. The molecule has 1 saturated heterocycles. The van der Waals surface area contributed by atoms with Gasteiger partial charge in [-0.05, 0) is 61.8 Å². The number of benzene rings is 1. The zero-order valence-electron chi connectivity index (χ0n) is 18.6. The highest BCUT2D eigenvalue weighted by molar-refractivity contribution is 6.32. The maximum absolute atomic E-state index is 9.84. The summed E-state index contributed by atoms with van der Waals surface area (Å²) in [7, 11) is 0. The van der Waals surface area contributed by atoms with E-state index in [0.717, 1.165) is 54.0 Å². The monoisotopic (exact) mass is 480 g/mol. The fourth-order valence-corrected chi connectivity index (χ4v) is 4.39. The van der Waals surface area contributed by atoms with E-state index in [1.165, 1.54) is 6.33 Å². The lowest BCUT2D eigenvalue weighted by atomic mass is 10.1. The van der Waals surface area contributed by atoms with Crippen LogP contribution >= 0.6 is 11.6 Å². The van der Waals surface area contributed by atoms with Gasteiger partial charge >= 0.3 is 0 Å². The first-order valence-corrected chi connectivity index (χ1v) is 11.6. The Labute approximate surface area is 202 Å². The van der Waals surface area contributed by atoms with E-state index in [1.807, 2.05) is 22.8 Å². The zero-order chi connectivity index (χ0) is 23.5. The Morgan fingerprint density at radius 1 is 1.21 bits per heavy atom. The predicted molar refractivity (Wildman–Crippen MR) is 128 cm³/mol. The molecule has 4 aromatic rings. The number of anilines is 2. The highest BCUT2D eigenvalue weighted by Crippen LogP contribution is 2.31. The van der Waals surface area contributed by atoms with Gasteiger partial charge in [0.1, 0.15) is 17.6 Å². The molecular formula is C24H27ClN7O2+. The summed E-state index contributed by atoms with van der Waals surface area (Å²) in [5.41, 5.74) is 9.54. The molecule has 4 heterocycles. The number of piperidine rings is 1. The highest BCUT2D eigenvalue weighted by atomic mass is 35.5. The van der Waals surface area contributed by atoms with E-state index in [0.29, 0.717) is 28.3 Å². The quantitative estimate of drug-likeness (QED) is 0.275. The molecule has 1 aromatic carbocycles. The summed E-state index contributed by atoms with van der Waals surface area (Å²) in [5, 5.41) is 18.0. The van der Waals surface area contributed by atoms with Crippen molar-refractivity contribution in [2.24, 2.45) is 5.73 Å². The summed E-state index contributed by atoms with van der Waals surface area (Å²) in [6.07, 6.45) is 7.06. The van der Waals surface area contributed by atoms with Gasteiger partial charge < -0.3 is 15.8 Å². The van der Waals surface area contributed by atoms with Crippen LogP contribution in [0.1, 0.15) is 24.1 Å². The lowest BCUT2D eigenvalue weighted by Gasteiger charge is -2.29. The molecule has 4 N–H and O–H groups in total. The highest BCUT2D eigenvalue weighted by Gasteiger charge is 2.19. The van der Waals surface area contributed by atoms with Crippen LogP contribution in [-0.4, -0.2) is 43.8 Å². The summed E-state index contributed by atoms with van der Waals surface area (Å²) in [6, 6.07) is 13.2. The van der Waals surface area contributed by atoms with E-state index in [-0.39, 0.29) is 6.61 Å². The smallest absolute Gasteiger partial charge is 0.271 e. The Balaban J connectivity index is 1.32. The zero-order valence-corrected chi connectivity index (χ0v) is 19.4. The van der Waals surface area contributed by atoms with E-state index in [9.17, 15) is 5.21 Å². The lowest BCUT2D eigenvalue weighted by Crippen LogP contribution is -2.39. The first-order valence-electron chi connectivity index (χ1n) is 11.2. The van der Waals surface area contributed by atoms with Crippen molar-refractivity contribution in [1.82, 2.24) is 19.5 Å². The number of aromatic nitrogens is 4. The number of halogens is 1. The van der Waals surface area contributed by atoms with Crippen LogP contribution in [0.25, 0.3) is 5.52 Å². The molecule has 5 rings (SSSR count). The molecule has 34 heavy (non-hydrogen) atoms. The van der Waals surface area contributed by atoms with Crippen LogP contribution in [0.3, 0.4) is 0 Å². The number of nitrogens with zero attached hydrogens (tertiary/aromatic N) is 5. The summed E-state index contributed by atoms with van der Waals surface area (Å²) < 4.78 is 8.66. The molecule has 0 bridgehead atoms. The minimum absolute atomic E-state index is 0.186. The van der Waals surface area contributed by atoms with E-state index in [2.05, 4.69) is 26.4 Å². The van der Waals surface area contributed by atoms with Gasteiger partial charge in [0, 0.05) is 41.3 Å². The SMILES string of the molecule is NC1CCN(Cc2ccn3ncnc(Nc4ccc(OCc5cccc[n+]5O)c(Cl)c4)c23)CC1. The summed E-state index contributed by atoms with van der Waals surface area (Å²) in [6.45, 7) is 2.99. The van der Waals surface area contributed by atoms with Crippen molar-refractivity contribution in [2.75, 3.05) is 18.4 Å². The number of rotatable bonds is 7. The number of hydrogen-bond acceptors (Lipinski definition) is 7. The Hall–Kier alpha value is -3.40. The van der Waals surface area contributed by atoms with Crippen molar-refractivity contribution in [3.8, 4) is 5.75 Å². The Morgan fingerprint density at radius 3 is 2.85 bits per heavy atom. The molecule has 0 radical (unpaired) electrons. The summed E-state index contributed by atoms with van der Waals surface area (Å²) in [5.74, 6) is 1.23. The Kier molecular flexibility index (Phi) is 6.48. The van der Waals surface area contributed by atoms with E-state index in [4.69, 9.17) is 22.1 Å². The predicted octanol–water partition coefficient (Wildman–Crippen LogP) is 3.15. The fourth-order valence-electron chi connectivity index (χ4n) is 4.16. The van der Waals surface area contributed by atoms with Crippen LogP contribution in [0, 0.1) is 0 Å². The molecule has 0 amide bonds. The van der Waals surface area contributed by atoms with Gasteiger partial charge in [0.2, 0.25) is 6.20 Å². The topological polar surface area (TPSA) is 105 Å². The van der Waals surface area contributed by atoms with Crippen LogP contribution in [0.2, 0.25) is 5.02 Å². The molecule has 0 unspecified atom stereocenters. The van der Waals surface area contributed by atoms with Crippen LogP contribution in [0.15, 0.2) is 61.2 Å². The molecule has 1 aliphatic heterocycles. The minimum Gasteiger partial charge on any atom is -0.481 e. The fraction of sp³-hybridized carbons (Fsp3) is 0.292. The van der Waals surface area contributed by atoms with E-state index < -0.39 is 0 Å². The first kappa shape index (κ1) is 22.4. The van der Waals surface area contributed by atoms with Crippen molar-refractivity contribution < 1.29 is 14.7 Å². The number of fused-ring (bicyclic) bond motifs is 1. The largest absolute Gasteiger partial charge is 0.481 e. The number of nitrogens with two attached hydrogens (primary N) is 1. The van der Waals surface area contributed by atoms with Gasteiger partial charge in [-0.2, -0.15) is 5.10 Å². The maximum atomic E-state index is 9.84. The van der Waals surface area contributed by atoms with Gasteiger partial charge in [-0.25, -0.2) is 9.50 Å². The molecule has 1 fully saturated rings. The Bertz CT molecular complexity index is 1290. The molecule has 10 heteroatoms. The van der Waals surface area contributed by atoms with Crippen molar-refractivity contribution in [3.63, 3.8) is 0 Å². The van der Waals surface area contributed by atoms with E-state index >= 15 is 0 Å². The van der Waals surface area contributed by atoms with Gasteiger partial charge in [-0.1, -0.05) is 11.6 Å². The first-order chi connectivity index (χ1) is 16.6. The third kappa shape index (κ3) is 4.91. The molecule has 0 spiro atoms. The molecule has 176 valence electrons. The average molecular weight is 481 g/mol. The average Bonchev–Trinajstić information content (AvgIpc) is 3.25. The van der Waals surface area contributed by atoms with Crippen LogP contribution in [0.4, 0.5) is 11.5 Å². The number of nitrogens with one attached hydrogen (secondary N) is 1. The second-order valence-corrected chi connectivity index (χ2v) is 8.86.